The first kappa shape index (κ1) is 13.3. The predicted octanol–water partition coefficient (Wildman–Crippen LogP) is -2.24. The number of carbonyl (C=O) groups is 1. The van der Waals surface area contributed by atoms with Crippen molar-refractivity contribution in [1.29, 1.82) is 0 Å². The Kier molecular flexibility index (Phi) is 6.85. The van der Waals surface area contributed by atoms with Gasteiger partial charge in [-0.1, -0.05) is 30.3 Å². The summed E-state index contributed by atoms with van der Waals surface area (Å²) in [5, 5.41) is 8.52. The van der Waals surface area contributed by atoms with Gasteiger partial charge in [-0.2, -0.15) is 0 Å². The van der Waals surface area contributed by atoms with Gasteiger partial charge in [0.25, 0.3) is 0 Å². The van der Waals surface area contributed by atoms with E-state index in [4.69, 9.17) is 10.8 Å². The van der Waals surface area contributed by atoms with Crippen LogP contribution < -0.4 is 57.1 Å². The summed E-state index contributed by atoms with van der Waals surface area (Å²) in [4.78, 5) is 10.4. The van der Waals surface area contributed by atoms with E-state index in [1.54, 1.807) is 0 Å². The summed E-state index contributed by atoms with van der Waals surface area (Å²) in [7, 11) is 0. The minimum atomic E-state index is -0.959. The zero-order valence-corrected chi connectivity index (χ0v) is 10.7. The van der Waals surface area contributed by atoms with Crippen molar-refractivity contribution in [3.8, 4) is 0 Å². The second-order valence-corrected chi connectivity index (χ2v) is 2.63. The zero-order valence-electron chi connectivity index (χ0n) is 8.60. The Morgan fingerprint density at radius 1 is 1.46 bits per heavy atom. The molecule has 66 valence electrons. The Hall–Kier alpha value is 0.286. The molecule has 0 aromatic heterocycles. The van der Waals surface area contributed by atoms with Crippen molar-refractivity contribution < 1.29 is 62.7 Å². The van der Waals surface area contributed by atoms with Crippen LogP contribution in [0, 0.1) is 0 Å². The molecular weight excluding hydrogens is 193 g/mol. The van der Waals surface area contributed by atoms with Gasteiger partial charge in [0.1, 0.15) is 6.04 Å². The van der Waals surface area contributed by atoms with Gasteiger partial charge < -0.3 is 12.3 Å². The molecule has 1 atom stereocenters. The molecule has 4 heteroatoms. The minimum absolute atomic E-state index is 0. The van der Waals surface area contributed by atoms with Crippen molar-refractivity contribution in [1.82, 2.24) is 0 Å². The Labute approximate surface area is 121 Å². The third kappa shape index (κ3) is 4.90. The largest absolute Gasteiger partial charge is 1.00 e. The van der Waals surface area contributed by atoms with E-state index in [9.17, 15) is 4.79 Å². The number of carboxylic acids is 1. The molecule has 0 heterocycles. The average molecular weight is 205 g/mol. The number of nitrogens with two attached hydrogens (primary N) is 1. The third-order valence-electron chi connectivity index (χ3n) is 1.62. The number of benzene rings is 1. The van der Waals surface area contributed by atoms with E-state index in [2.05, 4.69) is 0 Å². The third-order valence-corrected chi connectivity index (χ3v) is 1.62. The summed E-state index contributed by atoms with van der Waals surface area (Å²) < 4.78 is 0. The van der Waals surface area contributed by atoms with Crippen molar-refractivity contribution in [2.24, 2.45) is 5.73 Å². The molecule has 1 rings (SSSR count). The summed E-state index contributed by atoms with van der Waals surface area (Å²) in [6, 6.07) is 8.54. The number of hydrogen-bond donors (Lipinski definition) is 2. The van der Waals surface area contributed by atoms with Crippen LogP contribution in [0.3, 0.4) is 0 Å². The fraction of sp³-hybridized carbons (Fsp3) is 0.222. The molecule has 0 amide bonds. The molecule has 1 aromatic carbocycles. The van der Waals surface area contributed by atoms with Gasteiger partial charge in [0.15, 0.2) is 0 Å². The Morgan fingerprint density at radius 2 is 2.00 bits per heavy atom. The first-order valence-corrected chi connectivity index (χ1v) is 3.72. The van der Waals surface area contributed by atoms with Crippen molar-refractivity contribution >= 4 is 5.97 Å². The van der Waals surface area contributed by atoms with Crippen LogP contribution in [0.4, 0.5) is 0 Å². The van der Waals surface area contributed by atoms with E-state index in [0.29, 0.717) is 6.42 Å². The van der Waals surface area contributed by atoms with E-state index < -0.39 is 12.0 Å². The van der Waals surface area contributed by atoms with Crippen LogP contribution in [0.2, 0.25) is 0 Å². The van der Waals surface area contributed by atoms with Gasteiger partial charge in [-0.15, -0.1) is 0 Å². The van der Waals surface area contributed by atoms with Crippen LogP contribution >= 0.6 is 0 Å². The summed E-state index contributed by atoms with van der Waals surface area (Å²) in [6.45, 7) is 0. The van der Waals surface area contributed by atoms with Crippen molar-refractivity contribution in [2.45, 2.75) is 12.5 Å². The summed E-state index contributed by atoms with van der Waals surface area (Å²) in [5.41, 5.74) is 6.30. The number of carboxylic acid groups (broad SMARTS) is 1. The van der Waals surface area contributed by atoms with E-state index in [1.807, 2.05) is 30.3 Å². The Balaban J connectivity index is 0. The molecule has 0 fully saturated rings. The van der Waals surface area contributed by atoms with Crippen LogP contribution in [-0.2, 0) is 11.2 Å². The second-order valence-electron chi connectivity index (χ2n) is 2.63. The van der Waals surface area contributed by atoms with Crippen LogP contribution in [-0.4, -0.2) is 17.1 Å². The molecule has 3 nitrogen and oxygen atoms in total. The maximum Gasteiger partial charge on any atom is 1.00 e. The molecule has 1 aromatic rings. The SMILES string of the molecule is N[C@@H](Cc1ccccc1)C(=O)O.[H-].[K+]. The van der Waals surface area contributed by atoms with E-state index in [1.165, 1.54) is 0 Å². The topological polar surface area (TPSA) is 63.3 Å². The van der Waals surface area contributed by atoms with Gasteiger partial charge >= 0.3 is 57.4 Å². The van der Waals surface area contributed by atoms with Crippen LogP contribution in [0.5, 0.6) is 0 Å². The molecule has 0 bridgehead atoms. The van der Waals surface area contributed by atoms with Crippen molar-refractivity contribution in [3.63, 3.8) is 0 Å². The van der Waals surface area contributed by atoms with Gasteiger partial charge in [-0.3, -0.25) is 4.79 Å². The molecule has 0 radical (unpaired) electrons. The molecule has 0 unspecified atom stereocenters. The molecule has 0 aliphatic rings. The standard InChI is InChI=1S/C9H11NO2.K.H/c10-8(9(11)12)6-7-4-2-1-3-5-7;;/h1-5,8H,6,10H2,(H,11,12);;/q;+1;-1/t8-;;/m0../s1. The molecule has 3 N–H and O–H groups in total. The molecule has 0 spiro atoms. The fourth-order valence-electron chi connectivity index (χ4n) is 0.955. The van der Waals surface area contributed by atoms with Crippen LogP contribution in [0.25, 0.3) is 0 Å². The van der Waals surface area contributed by atoms with Gasteiger partial charge in [0.2, 0.25) is 0 Å². The maximum atomic E-state index is 10.4. The monoisotopic (exact) mass is 205 g/mol. The predicted molar refractivity (Wildman–Crippen MR) is 46.9 cm³/mol. The van der Waals surface area contributed by atoms with E-state index in [-0.39, 0.29) is 52.8 Å². The Morgan fingerprint density at radius 3 is 2.46 bits per heavy atom. The number of aliphatic carboxylic acids is 1. The average Bonchev–Trinajstić information content (AvgIpc) is 2.06. The first-order valence-electron chi connectivity index (χ1n) is 3.72. The van der Waals surface area contributed by atoms with Gasteiger partial charge in [0.05, 0.1) is 0 Å². The Bertz CT molecular complexity index is 269. The number of hydrogen-bond acceptors (Lipinski definition) is 2. The second kappa shape index (κ2) is 6.70. The summed E-state index contributed by atoms with van der Waals surface area (Å²) in [6.07, 6.45) is 0.385. The molecule has 13 heavy (non-hydrogen) atoms. The quantitative estimate of drug-likeness (QED) is 0.548. The van der Waals surface area contributed by atoms with Crippen LogP contribution in [0.15, 0.2) is 30.3 Å². The van der Waals surface area contributed by atoms with Gasteiger partial charge in [0, 0.05) is 0 Å². The fourth-order valence-corrected chi connectivity index (χ4v) is 0.955. The van der Waals surface area contributed by atoms with Crippen LogP contribution in [0.1, 0.15) is 6.99 Å². The van der Waals surface area contributed by atoms with Gasteiger partial charge in [-0.05, 0) is 12.0 Å². The molecule has 0 aliphatic carbocycles. The smallest absolute Gasteiger partial charge is 1.00 e. The van der Waals surface area contributed by atoms with E-state index in [0.717, 1.165) is 5.56 Å². The molecule has 0 saturated heterocycles. The zero-order chi connectivity index (χ0) is 8.97. The maximum absolute atomic E-state index is 10.4. The molecular formula is C9H12KNO2. The minimum Gasteiger partial charge on any atom is -1.00 e. The molecule has 0 saturated carbocycles. The van der Waals surface area contributed by atoms with Crippen molar-refractivity contribution in [3.05, 3.63) is 35.9 Å². The summed E-state index contributed by atoms with van der Waals surface area (Å²) in [5.74, 6) is -0.959. The molecule has 0 aliphatic heterocycles. The number of rotatable bonds is 3. The van der Waals surface area contributed by atoms with Crippen molar-refractivity contribution in [2.75, 3.05) is 0 Å². The first-order chi connectivity index (χ1) is 5.70. The van der Waals surface area contributed by atoms with E-state index >= 15 is 0 Å². The normalized spacial score (nSPS) is 11.5. The van der Waals surface area contributed by atoms with Gasteiger partial charge in [-0.25, -0.2) is 0 Å². The summed E-state index contributed by atoms with van der Waals surface area (Å²) >= 11 is 0.